The number of halogens is 1. The summed E-state index contributed by atoms with van der Waals surface area (Å²) in [7, 11) is 0. The van der Waals surface area contributed by atoms with Crippen LogP contribution in [0, 0.1) is 13.8 Å². The van der Waals surface area contributed by atoms with Gasteiger partial charge in [-0.15, -0.1) is 11.3 Å². The fourth-order valence-electron chi connectivity index (χ4n) is 2.88. The van der Waals surface area contributed by atoms with Gasteiger partial charge in [-0.2, -0.15) is 0 Å². The van der Waals surface area contributed by atoms with Crippen molar-refractivity contribution in [2.75, 3.05) is 11.9 Å². The van der Waals surface area contributed by atoms with Crippen molar-refractivity contribution in [2.45, 2.75) is 20.3 Å². The molecule has 144 valence electrons. The standard InChI is InChI=1S/C22H21ClN2O2S/c1-14-7-3-4-8-16(14)11-12-24-22(27)20-15(2)13-19(28-20)25-21(26)17-9-5-6-10-18(17)23/h3-10,13H,11-12H2,1-2H3,(H,24,27)(H,25,26). The van der Waals surface area contributed by atoms with Gasteiger partial charge in [0.1, 0.15) is 0 Å². The molecule has 0 saturated carbocycles. The maximum Gasteiger partial charge on any atom is 0.261 e. The molecule has 0 saturated heterocycles. The first-order chi connectivity index (χ1) is 13.5. The van der Waals surface area contributed by atoms with Crippen molar-refractivity contribution in [3.63, 3.8) is 0 Å². The summed E-state index contributed by atoms with van der Waals surface area (Å²) in [6.07, 6.45) is 0.777. The van der Waals surface area contributed by atoms with Crippen LogP contribution < -0.4 is 10.6 Å². The molecule has 6 heteroatoms. The highest BCUT2D eigenvalue weighted by Crippen LogP contribution is 2.27. The second kappa shape index (κ2) is 9.04. The van der Waals surface area contributed by atoms with E-state index in [1.54, 1.807) is 30.3 Å². The molecule has 0 bridgehead atoms. The Morgan fingerprint density at radius 2 is 1.68 bits per heavy atom. The van der Waals surface area contributed by atoms with E-state index in [0.717, 1.165) is 12.0 Å². The number of hydrogen-bond donors (Lipinski definition) is 2. The Bertz CT molecular complexity index is 1010. The first-order valence-electron chi connectivity index (χ1n) is 8.94. The Kier molecular flexibility index (Phi) is 6.49. The van der Waals surface area contributed by atoms with E-state index < -0.39 is 0 Å². The number of carbonyl (C=O) groups is 2. The van der Waals surface area contributed by atoms with Crippen LogP contribution in [0.15, 0.2) is 54.6 Å². The first kappa shape index (κ1) is 20.1. The van der Waals surface area contributed by atoms with Gasteiger partial charge in [0.25, 0.3) is 11.8 Å². The van der Waals surface area contributed by atoms with Gasteiger partial charge in [-0.25, -0.2) is 0 Å². The third kappa shape index (κ3) is 4.80. The molecule has 0 aliphatic carbocycles. The monoisotopic (exact) mass is 412 g/mol. The van der Waals surface area contributed by atoms with Gasteiger partial charge in [-0.1, -0.05) is 48.0 Å². The van der Waals surface area contributed by atoms with E-state index in [2.05, 4.69) is 29.7 Å². The Hall–Kier alpha value is -2.63. The molecule has 1 heterocycles. The van der Waals surface area contributed by atoms with Crippen molar-refractivity contribution in [3.05, 3.63) is 86.8 Å². The minimum atomic E-state index is -0.293. The van der Waals surface area contributed by atoms with Gasteiger partial charge in [0, 0.05) is 6.54 Å². The van der Waals surface area contributed by atoms with E-state index in [9.17, 15) is 9.59 Å². The molecule has 0 spiro atoms. The fourth-order valence-corrected chi connectivity index (χ4v) is 4.08. The summed E-state index contributed by atoms with van der Waals surface area (Å²) < 4.78 is 0. The number of anilines is 1. The fraction of sp³-hybridized carbons (Fsp3) is 0.182. The van der Waals surface area contributed by atoms with Crippen LogP contribution in [0.3, 0.4) is 0 Å². The van der Waals surface area contributed by atoms with E-state index in [1.807, 2.05) is 19.1 Å². The van der Waals surface area contributed by atoms with Gasteiger partial charge in [-0.3, -0.25) is 9.59 Å². The molecule has 0 aliphatic rings. The van der Waals surface area contributed by atoms with E-state index in [1.165, 1.54) is 22.5 Å². The van der Waals surface area contributed by atoms with Crippen molar-refractivity contribution in [1.29, 1.82) is 0 Å². The highest BCUT2D eigenvalue weighted by molar-refractivity contribution is 7.18. The lowest BCUT2D eigenvalue weighted by Crippen LogP contribution is -2.25. The number of carbonyl (C=O) groups excluding carboxylic acids is 2. The number of aryl methyl sites for hydroxylation is 2. The minimum Gasteiger partial charge on any atom is -0.351 e. The summed E-state index contributed by atoms with van der Waals surface area (Å²) in [6.45, 7) is 4.48. The molecule has 28 heavy (non-hydrogen) atoms. The topological polar surface area (TPSA) is 58.2 Å². The molecule has 0 aliphatic heterocycles. The number of hydrogen-bond acceptors (Lipinski definition) is 3. The lowest BCUT2D eigenvalue weighted by Gasteiger charge is -2.07. The van der Waals surface area contributed by atoms with Gasteiger partial charge in [0.05, 0.1) is 20.5 Å². The Labute approximate surface area is 173 Å². The maximum absolute atomic E-state index is 12.5. The van der Waals surface area contributed by atoms with E-state index in [0.29, 0.717) is 27.0 Å². The smallest absolute Gasteiger partial charge is 0.261 e. The normalized spacial score (nSPS) is 10.5. The first-order valence-corrected chi connectivity index (χ1v) is 10.1. The minimum absolute atomic E-state index is 0.130. The Morgan fingerprint density at radius 3 is 2.43 bits per heavy atom. The second-order valence-corrected chi connectivity index (χ2v) is 7.95. The van der Waals surface area contributed by atoms with Gasteiger partial charge < -0.3 is 10.6 Å². The molecule has 0 unspecified atom stereocenters. The summed E-state index contributed by atoms with van der Waals surface area (Å²) >= 11 is 7.33. The van der Waals surface area contributed by atoms with Crippen LogP contribution in [0.4, 0.5) is 5.00 Å². The zero-order valence-corrected chi connectivity index (χ0v) is 17.3. The predicted octanol–water partition coefficient (Wildman–Crippen LogP) is 5.24. The van der Waals surface area contributed by atoms with Crippen LogP contribution >= 0.6 is 22.9 Å². The van der Waals surface area contributed by atoms with Crippen LogP contribution in [0.2, 0.25) is 5.02 Å². The summed E-state index contributed by atoms with van der Waals surface area (Å²) in [4.78, 5) is 25.5. The lowest BCUT2D eigenvalue weighted by molar-refractivity contribution is 0.0956. The van der Waals surface area contributed by atoms with E-state index in [-0.39, 0.29) is 11.8 Å². The largest absolute Gasteiger partial charge is 0.351 e. The summed E-state index contributed by atoms with van der Waals surface area (Å²) in [5, 5.41) is 6.79. The molecule has 0 fully saturated rings. The number of benzene rings is 2. The van der Waals surface area contributed by atoms with Crippen LogP contribution in [0.5, 0.6) is 0 Å². The third-order valence-corrected chi connectivity index (χ3v) is 5.90. The van der Waals surface area contributed by atoms with Crippen LogP contribution in [-0.4, -0.2) is 18.4 Å². The summed E-state index contributed by atoms with van der Waals surface area (Å²) in [5.74, 6) is -0.423. The molecule has 3 rings (SSSR count). The molecule has 2 aromatic carbocycles. The number of rotatable bonds is 6. The van der Waals surface area contributed by atoms with Crippen LogP contribution in [0.25, 0.3) is 0 Å². The zero-order chi connectivity index (χ0) is 20.1. The third-order valence-electron chi connectivity index (χ3n) is 4.42. The van der Waals surface area contributed by atoms with Gasteiger partial charge in [0.2, 0.25) is 0 Å². The summed E-state index contributed by atoms with van der Waals surface area (Å²) in [5.41, 5.74) is 3.67. The summed E-state index contributed by atoms with van der Waals surface area (Å²) in [6, 6.07) is 16.8. The Morgan fingerprint density at radius 1 is 0.964 bits per heavy atom. The molecule has 4 nitrogen and oxygen atoms in total. The number of nitrogens with one attached hydrogen (secondary N) is 2. The highest BCUT2D eigenvalue weighted by atomic mass is 35.5. The van der Waals surface area contributed by atoms with Gasteiger partial charge in [-0.05, 0) is 55.2 Å². The quantitative estimate of drug-likeness (QED) is 0.581. The number of amides is 2. The molecule has 1 aromatic heterocycles. The van der Waals surface area contributed by atoms with Crippen molar-refractivity contribution in [1.82, 2.24) is 5.32 Å². The molecular weight excluding hydrogens is 392 g/mol. The zero-order valence-electron chi connectivity index (χ0n) is 15.7. The van der Waals surface area contributed by atoms with Crippen molar-refractivity contribution in [2.24, 2.45) is 0 Å². The van der Waals surface area contributed by atoms with Crippen LogP contribution in [-0.2, 0) is 6.42 Å². The molecule has 3 aromatic rings. The number of thiophene rings is 1. The van der Waals surface area contributed by atoms with E-state index >= 15 is 0 Å². The Balaban J connectivity index is 1.61. The van der Waals surface area contributed by atoms with Gasteiger partial charge in [0.15, 0.2) is 0 Å². The van der Waals surface area contributed by atoms with E-state index in [4.69, 9.17) is 11.6 Å². The molecule has 0 atom stereocenters. The molecular formula is C22H21ClN2O2S. The lowest BCUT2D eigenvalue weighted by atomic mass is 10.1. The van der Waals surface area contributed by atoms with Crippen LogP contribution in [0.1, 0.15) is 36.7 Å². The predicted molar refractivity (Wildman–Crippen MR) is 116 cm³/mol. The average molecular weight is 413 g/mol. The van der Waals surface area contributed by atoms with Gasteiger partial charge >= 0.3 is 0 Å². The molecule has 2 N–H and O–H groups in total. The maximum atomic E-state index is 12.5. The van der Waals surface area contributed by atoms with Crippen molar-refractivity contribution >= 4 is 39.8 Å². The average Bonchev–Trinajstić information content (AvgIpc) is 3.03. The SMILES string of the molecule is Cc1ccccc1CCNC(=O)c1sc(NC(=O)c2ccccc2Cl)cc1C. The molecule has 0 radical (unpaired) electrons. The second-order valence-electron chi connectivity index (χ2n) is 6.49. The molecule has 2 amide bonds. The highest BCUT2D eigenvalue weighted by Gasteiger charge is 2.16. The van der Waals surface area contributed by atoms with Crippen molar-refractivity contribution in [3.8, 4) is 0 Å². The van der Waals surface area contributed by atoms with Crippen molar-refractivity contribution < 1.29 is 9.59 Å².